The van der Waals surface area contributed by atoms with Crippen LogP contribution in [0.15, 0.2) is 0 Å². The summed E-state index contributed by atoms with van der Waals surface area (Å²) >= 11 is 0. The molecule has 0 aromatic carbocycles. The number of carbonyl (C=O) groups excluding carboxylic acids is 2. The fraction of sp³-hybridized carbons (Fsp3) is 0.875. The van der Waals surface area contributed by atoms with E-state index in [1.165, 1.54) is 0 Å². The van der Waals surface area contributed by atoms with E-state index in [0.717, 1.165) is 12.7 Å². The highest BCUT2D eigenvalue weighted by molar-refractivity contribution is 6.45. The summed E-state index contributed by atoms with van der Waals surface area (Å²) in [5, 5.41) is 2.75. The zero-order valence-corrected chi connectivity index (χ0v) is 14.6. The molecular weight excluding hydrogens is 297 g/mol. The van der Waals surface area contributed by atoms with E-state index in [0.29, 0.717) is 32.2 Å². The van der Waals surface area contributed by atoms with E-state index in [1.54, 1.807) is 0 Å². The summed E-state index contributed by atoms with van der Waals surface area (Å²) < 4.78 is 17.1. The van der Waals surface area contributed by atoms with Gasteiger partial charge in [0.1, 0.15) is 11.9 Å². The largest absolute Gasteiger partial charge is 0.457 e. The number of hydrogen-bond acceptors (Lipinski definition) is 5. The van der Waals surface area contributed by atoms with E-state index in [2.05, 4.69) is 5.32 Å². The van der Waals surface area contributed by atoms with Crippen LogP contribution in [0.2, 0.25) is 6.32 Å². The van der Waals surface area contributed by atoms with E-state index >= 15 is 0 Å². The first-order chi connectivity index (χ1) is 10.7. The highest BCUT2D eigenvalue weighted by Gasteiger charge is 2.50. The second-order valence-corrected chi connectivity index (χ2v) is 7.40. The summed E-state index contributed by atoms with van der Waals surface area (Å²) in [6.45, 7) is 8.62. The minimum atomic E-state index is -0.404. The Morgan fingerprint density at radius 3 is 2.35 bits per heavy atom. The summed E-state index contributed by atoms with van der Waals surface area (Å²) in [5.74, 6) is 0.257. The lowest BCUT2D eigenvalue weighted by atomic mass is 9.83. The van der Waals surface area contributed by atoms with Crippen molar-refractivity contribution < 1.29 is 23.6 Å². The van der Waals surface area contributed by atoms with Crippen LogP contribution >= 0.6 is 0 Å². The molecule has 1 N–H and O–H groups in total. The maximum atomic E-state index is 11.7. The van der Waals surface area contributed by atoms with Crippen LogP contribution in [0.5, 0.6) is 0 Å². The van der Waals surface area contributed by atoms with Gasteiger partial charge in [0.25, 0.3) is 0 Å². The maximum absolute atomic E-state index is 11.7. The molecule has 1 saturated heterocycles. The first kappa shape index (κ1) is 18.3. The number of Topliss-reactive ketones (excluding diaryl/α,β-unsaturated/α-hetero) is 1. The van der Waals surface area contributed by atoms with E-state index in [-0.39, 0.29) is 30.2 Å². The van der Waals surface area contributed by atoms with Gasteiger partial charge < -0.3 is 19.4 Å². The van der Waals surface area contributed by atoms with Crippen molar-refractivity contribution >= 4 is 19.0 Å². The van der Waals surface area contributed by atoms with Gasteiger partial charge in [-0.25, -0.2) is 4.79 Å². The average molecular weight is 325 g/mol. The van der Waals surface area contributed by atoms with Gasteiger partial charge >= 0.3 is 13.2 Å². The molecule has 0 atom stereocenters. The third-order valence-electron chi connectivity index (χ3n) is 4.95. The molecule has 2 aliphatic rings. The molecule has 130 valence electrons. The molecule has 1 amide bonds. The lowest BCUT2D eigenvalue weighted by molar-refractivity contribution is -0.122. The molecule has 23 heavy (non-hydrogen) atoms. The standard InChI is InChI=1S/C16H28BNO5/c1-15(2)16(3,4)23-17(22-15)10-5-11-18-14(20)21-13-8-6-12(19)7-9-13/h13H,5-11H2,1-4H3,(H,18,20). The minimum Gasteiger partial charge on any atom is -0.446 e. The Bertz CT molecular complexity index is 426. The Morgan fingerprint density at radius 1 is 1.22 bits per heavy atom. The van der Waals surface area contributed by atoms with Crippen molar-refractivity contribution in [3.8, 4) is 0 Å². The maximum Gasteiger partial charge on any atom is 0.457 e. The number of ketones is 1. The van der Waals surface area contributed by atoms with Crippen LogP contribution < -0.4 is 5.32 Å². The fourth-order valence-electron chi connectivity index (χ4n) is 2.77. The number of amides is 1. The molecule has 0 aromatic heterocycles. The molecule has 7 heteroatoms. The molecule has 2 rings (SSSR count). The Kier molecular flexibility index (Phi) is 5.73. The number of alkyl carbamates (subject to hydrolysis) is 1. The van der Waals surface area contributed by atoms with Crippen molar-refractivity contribution in [1.82, 2.24) is 5.32 Å². The van der Waals surface area contributed by atoms with E-state index in [9.17, 15) is 9.59 Å². The van der Waals surface area contributed by atoms with Gasteiger partial charge in [0.15, 0.2) is 0 Å². The summed E-state index contributed by atoms with van der Waals surface area (Å²) in [6.07, 6.45) is 3.26. The van der Waals surface area contributed by atoms with Crippen LogP contribution in [-0.4, -0.2) is 42.8 Å². The van der Waals surface area contributed by atoms with Gasteiger partial charge in [-0.3, -0.25) is 4.79 Å². The highest BCUT2D eigenvalue weighted by Crippen LogP contribution is 2.37. The van der Waals surface area contributed by atoms with Gasteiger partial charge in [0.05, 0.1) is 11.2 Å². The number of carbonyl (C=O) groups is 2. The average Bonchev–Trinajstić information content (AvgIpc) is 2.65. The lowest BCUT2D eigenvalue weighted by Gasteiger charge is -2.32. The smallest absolute Gasteiger partial charge is 0.446 e. The van der Waals surface area contributed by atoms with Gasteiger partial charge in [0.2, 0.25) is 0 Å². The van der Waals surface area contributed by atoms with E-state index in [4.69, 9.17) is 14.0 Å². The molecule has 1 heterocycles. The molecule has 0 unspecified atom stereocenters. The molecular formula is C16H28BNO5. The van der Waals surface area contributed by atoms with Crippen LogP contribution in [0.1, 0.15) is 59.8 Å². The second-order valence-electron chi connectivity index (χ2n) is 7.40. The normalized spacial score (nSPS) is 23.8. The molecule has 6 nitrogen and oxygen atoms in total. The van der Waals surface area contributed by atoms with Gasteiger partial charge in [0, 0.05) is 19.4 Å². The van der Waals surface area contributed by atoms with Crippen LogP contribution in [0.25, 0.3) is 0 Å². The molecule has 0 radical (unpaired) electrons. The number of ether oxygens (including phenoxy) is 1. The Morgan fingerprint density at radius 2 is 1.78 bits per heavy atom. The number of nitrogens with one attached hydrogen (secondary N) is 1. The Balaban J connectivity index is 1.59. The van der Waals surface area contributed by atoms with Crippen LogP contribution in [0, 0.1) is 0 Å². The molecule has 0 spiro atoms. The third kappa shape index (κ3) is 4.95. The quantitative estimate of drug-likeness (QED) is 0.621. The molecule has 0 bridgehead atoms. The van der Waals surface area contributed by atoms with Gasteiger partial charge in [-0.2, -0.15) is 0 Å². The minimum absolute atomic E-state index is 0.129. The summed E-state index contributed by atoms with van der Waals surface area (Å²) in [7, 11) is -0.234. The molecule has 1 aliphatic carbocycles. The number of hydrogen-bond donors (Lipinski definition) is 1. The summed E-state index contributed by atoms with van der Waals surface area (Å²) in [4.78, 5) is 22.9. The first-order valence-corrected chi connectivity index (χ1v) is 8.51. The van der Waals surface area contributed by atoms with Crippen LogP contribution in [0.4, 0.5) is 4.79 Å². The Labute approximate surface area is 138 Å². The van der Waals surface area contributed by atoms with Crippen molar-refractivity contribution in [1.29, 1.82) is 0 Å². The molecule has 0 aromatic rings. The molecule has 2 fully saturated rings. The van der Waals surface area contributed by atoms with Gasteiger partial charge in [-0.1, -0.05) is 0 Å². The van der Waals surface area contributed by atoms with E-state index < -0.39 is 6.09 Å². The summed E-state index contributed by atoms with van der Waals surface area (Å²) in [5.41, 5.74) is -0.634. The highest BCUT2D eigenvalue weighted by atomic mass is 16.7. The lowest BCUT2D eigenvalue weighted by Crippen LogP contribution is -2.41. The number of rotatable bonds is 5. The molecule has 1 aliphatic heterocycles. The SMILES string of the molecule is CC1(C)OB(CCCNC(=O)OC2CCC(=O)CC2)OC1(C)C. The van der Waals surface area contributed by atoms with Crippen molar-refractivity contribution in [3.63, 3.8) is 0 Å². The van der Waals surface area contributed by atoms with E-state index in [1.807, 2.05) is 27.7 Å². The third-order valence-corrected chi connectivity index (χ3v) is 4.95. The van der Waals surface area contributed by atoms with Crippen molar-refractivity contribution in [3.05, 3.63) is 0 Å². The van der Waals surface area contributed by atoms with Crippen LogP contribution in [-0.2, 0) is 18.8 Å². The first-order valence-electron chi connectivity index (χ1n) is 8.51. The van der Waals surface area contributed by atoms with Gasteiger partial charge in [-0.15, -0.1) is 0 Å². The zero-order chi connectivity index (χ0) is 17.1. The predicted molar refractivity (Wildman–Crippen MR) is 87.3 cm³/mol. The van der Waals surface area contributed by atoms with Crippen molar-refractivity contribution in [2.45, 2.75) is 83.4 Å². The monoisotopic (exact) mass is 325 g/mol. The predicted octanol–water partition coefficient (Wildman–Crippen LogP) is 2.71. The van der Waals surface area contributed by atoms with Crippen LogP contribution in [0.3, 0.4) is 0 Å². The van der Waals surface area contributed by atoms with Gasteiger partial charge in [-0.05, 0) is 53.3 Å². The molecule has 1 saturated carbocycles. The topological polar surface area (TPSA) is 73.9 Å². The Hall–Kier alpha value is -1.08. The summed E-state index contributed by atoms with van der Waals surface area (Å²) in [6, 6.07) is 0. The van der Waals surface area contributed by atoms with Crippen molar-refractivity contribution in [2.24, 2.45) is 0 Å². The second kappa shape index (κ2) is 7.22. The van der Waals surface area contributed by atoms with Crippen molar-refractivity contribution in [2.75, 3.05) is 6.54 Å². The zero-order valence-electron chi connectivity index (χ0n) is 14.6. The fourth-order valence-corrected chi connectivity index (χ4v) is 2.77.